The topological polar surface area (TPSA) is 24.9 Å². The number of hydrogen-bond acceptors (Lipinski definition) is 4. The van der Waals surface area contributed by atoms with Crippen LogP contribution in [0, 0.1) is 0 Å². The fourth-order valence-electron chi connectivity index (χ4n) is 4.10. The van der Waals surface area contributed by atoms with Crippen LogP contribution in [0.5, 0.6) is 11.5 Å². The molecule has 0 radical (unpaired) electrons. The summed E-state index contributed by atoms with van der Waals surface area (Å²) in [5.41, 5.74) is 5.24. The molecule has 1 fully saturated rings. The average Bonchev–Trinajstić information content (AvgIpc) is 2.73. The third kappa shape index (κ3) is 3.00. The first-order chi connectivity index (χ1) is 12.8. The number of rotatable bonds is 4. The smallest absolute Gasteiger partial charge is 0.142 e. The maximum absolute atomic E-state index is 5.58. The van der Waals surface area contributed by atoms with Crippen molar-refractivity contribution in [3.05, 3.63) is 59.7 Å². The Morgan fingerprint density at radius 3 is 2.23 bits per heavy atom. The summed E-state index contributed by atoms with van der Waals surface area (Å²) in [6, 6.07) is 14.7. The second-order valence-electron chi connectivity index (χ2n) is 6.76. The van der Waals surface area contributed by atoms with Gasteiger partial charge in [0.15, 0.2) is 0 Å². The lowest BCUT2D eigenvalue weighted by atomic mass is 9.92. The molecule has 1 saturated heterocycles. The molecule has 1 aliphatic heterocycles. The molecular formula is C22H26N2O2. The molecule has 0 atom stereocenters. The molecule has 2 aliphatic rings. The van der Waals surface area contributed by atoms with E-state index in [0.29, 0.717) is 0 Å². The fourth-order valence-corrected chi connectivity index (χ4v) is 4.10. The zero-order valence-corrected chi connectivity index (χ0v) is 15.6. The number of anilines is 1. The number of ether oxygens (including phenoxy) is 2. The Balaban J connectivity index is 1.52. The number of hydrogen-bond donors (Lipinski definition) is 0. The molecule has 0 N–H and O–H groups in total. The molecule has 2 aromatic rings. The Bertz CT molecular complexity index is 808. The summed E-state index contributed by atoms with van der Waals surface area (Å²) < 4.78 is 11.1. The minimum absolute atomic E-state index is 0.952. The number of allylic oxidation sites excluding steroid dienone is 1. The van der Waals surface area contributed by atoms with Crippen molar-refractivity contribution in [2.24, 2.45) is 0 Å². The van der Waals surface area contributed by atoms with Gasteiger partial charge in [0.2, 0.25) is 0 Å². The average molecular weight is 350 g/mol. The summed E-state index contributed by atoms with van der Waals surface area (Å²) in [6.07, 6.45) is 4.53. The van der Waals surface area contributed by atoms with Gasteiger partial charge in [0.25, 0.3) is 0 Å². The maximum atomic E-state index is 5.58. The predicted molar refractivity (Wildman–Crippen MR) is 106 cm³/mol. The maximum Gasteiger partial charge on any atom is 0.142 e. The molecule has 4 rings (SSSR count). The van der Waals surface area contributed by atoms with Crippen LogP contribution in [0.3, 0.4) is 0 Å². The van der Waals surface area contributed by atoms with Crippen LogP contribution in [0.15, 0.2) is 48.5 Å². The first-order valence-electron chi connectivity index (χ1n) is 9.31. The van der Waals surface area contributed by atoms with Crippen LogP contribution in [0.4, 0.5) is 5.69 Å². The molecule has 4 nitrogen and oxygen atoms in total. The van der Waals surface area contributed by atoms with Gasteiger partial charge in [0, 0.05) is 43.0 Å². The second-order valence-corrected chi connectivity index (χ2v) is 6.76. The first kappa shape index (κ1) is 16.8. The molecule has 2 aromatic carbocycles. The summed E-state index contributed by atoms with van der Waals surface area (Å²) in [5.74, 6) is 1.97. The molecule has 0 spiro atoms. The van der Waals surface area contributed by atoms with Gasteiger partial charge in [-0.15, -0.1) is 0 Å². The van der Waals surface area contributed by atoms with Crippen LogP contribution in [-0.4, -0.2) is 45.3 Å². The monoisotopic (exact) mass is 350 g/mol. The molecule has 136 valence electrons. The zero-order chi connectivity index (χ0) is 17.9. The van der Waals surface area contributed by atoms with Crippen LogP contribution in [0.1, 0.15) is 17.5 Å². The summed E-state index contributed by atoms with van der Waals surface area (Å²) in [7, 11) is 3.51. The SMILES string of the molecule is COc1ccccc1N1CCN(C2=CCCc3c(OC)cccc32)CC1. The molecule has 4 heteroatoms. The highest BCUT2D eigenvalue weighted by molar-refractivity contribution is 5.71. The van der Waals surface area contributed by atoms with Crippen molar-refractivity contribution in [1.82, 2.24) is 4.90 Å². The van der Waals surface area contributed by atoms with Gasteiger partial charge in [0.1, 0.15) is 11.5 Å². The van der Waals surface area contributed by atoms with Gasteiger partial charge in [-0.25, -0.2) is 0 Å². The van der Waals surface area contributed by atoms with E-state index in [2.05, 4.69) is 46.2 Å². The minimum Gasteiger partial charge on any atom is -0.496 e. The summed E-state index contributed by atoms with van der Waals surface area (Å²) in [5, 5.41) is 0. The normalized spacial score (nSPS) is 16.8. The lowest BCUT2D eigenvalue weighted by Gasteiger charge is -2.40. The Hall–Kier alpha value is -2.62. The van der Waals surface area contributed by atoms with Crippen molar-refractivity contribution in [2.75, 3.05) is 45.3 Å². The van der Waals surface area contributed by atoms with E-state index in [-0.39, 0.29) is 0 Å². The van der Waals surface area contributed by atoms with Gasteiger partial charge in [-0.05, 0) is 31.0 Å². The van der Waals surface area contributed by atoms with Gasteiger partial charge < -0.3 is 19.3 Å². The standard InChI is InChI=1S/C22H26N2O2/c1-25-21-12-6-7-17-18(21)8-5-10-19(17)23-13-15-24(16-14-23)20-9-3-4-11-22(20)26-2/h3-4,6-7,9-12H,5,8,13-16H2,1-2H3. The van der Waals surface area contributed by atoms with Crippen molar-refractivity contribution in [1.29, 1.82) is 0 Å². The van der Waals surface area contributed by atoms with Gasteiger partial charge >= 0.3 is 0 Å². The fraction of sp³-hybridized carbons (Fsp3) is 0.364. The minimum atomic E-state index is 0.952. The molecule has 1 aliphatic carbocycles. The Morgan fingerprint density at radius 2 is 1.46 bits per heavy atom. The Kier molecular flexibility index (Phi) is 4.74. The Morgan fingerprint density at radius 1 is 0.769 bits per heavy atom. The van der Waals surface area contributed by atoms with Crippen LogP contribution in [-0.2, 0) is 6.42 Å². The highest BCUT2D eigenvalue weighted by atomic mass is 16.5. The molecule has 0 saturated carbocycles. The van der Waals surface area contributed by atoms with E-state index < -0.39 is 0 Å². The lowest BCUT2D eigenvalue weighted by Crippen LogP contribution is -2.45. The number of fused-ring (bicyclic) bond motifs is 1. The molecule has 0 aromatic heterocycles. The van der Waals surface area contributed by atoms with Crippen LogP contribution < -0.4 is 14.4 Å². The van der Waals surface area contributed by atoms with Crippen LogP contribution in [0.25, 0.3) is 5.70 Å². The summed E-state index contributed by atoms with van der Waals surface area (Å²) >= 11 is 0. The number of piperazine rings is 1. The first-order valence-corrected chi connectivity index (χ1v) is 9.31. The van der Waals surface area contributed by atoms with E-state index in [9.17, 15) is 0 Å². The highest BCUT2D eigenvalue weighted by Crippen LogP contribution is 2.36. The van der Waals surface area contributed by atoms with Gasteiger partial charge in [-0.2, -0.15) is 0 Å². The number of nitrogens with zero attached hydrogens (tertiary/aromatic N) is 2. The van der Waals surface area contributed by atoms with Crippen molar-refractivity contribution in [3.8, 4) is 11.5 Å². The van der Waals surface area contributed by atoms with Crippen molar-refractivity contribution in [3.63, 3.8) is 0 Å². The van der Waals surface area contributed by atoms with E-state index >= 15 is 0 Å². The van der Waals surface area contributed by atoms with Crippen LogP contribution in [0.2, 0.25) is 0 Å². The van der Waals surface area contributed by atoms with Crippen LogP contribution >= 0.6 is 0 Å². The van der Waals surface area contributed by atoms with E-state index in [0.717, 1.165) is 50.5 Å². The third-order valence-corrected chi connectivity index (χ3v) is 5.41. The van der Waals surface area contributed by atoms with Crippen molar-refractivity contribution in [2.45, 2.75) is 12.8 Å². The van der Waals surface area contributed by atoms with Crippen molar-refractivity contribution >= 4 is 11.4 Å². The highest BCUT2D eigenvalue weighted by Gasteiger charge is 2.25. The molecule has 1 heterocycles. The number of methoxy groups -OCH3 is 2. The van der Waals surface area contributed by atoms with E-state index in [1.165, 1.54) is 22.5 Å². The van der Waals surface area contributed by atoms with Gasteiger partial charge in [-0.3, -0.25) is 0 Å². The quantitative estimate of drug-likeness (QED) is 0.837. The van der Waals surface area contributed by atoms with E-state index in [1.807, 2.05) is 12.1 Å². The number of para-hydroxylation sites is 2. The molecule has 0 unspecified atom stereocenters. The Labute approximate surface area is 155 Å². The van der Waals surface area contributed by atoms with E-state index in [1.54, 1.807) is 14.2 Å². The molecule has 0 amide bonds. The van der Waals surface area contributed by atoms with E-state index in [4.69, 9.17) is 9.47 Å². The molecule has 0 bridgehead atoms. The number of benzene rings is 2. The zero-order valence-electron chi connectivity index (χ0n) is 15.6. The van der Waals surface area contributed by atoms with Gasteiger partial charge in [0.05, 0.1) is 19.9 Å². The van der Waals surface area contributed by atoms with Crippen molar-refractivity contribution < 1.29 is 9.47 Å². The second kappa shape index (κ2) is 7.32. The lowest BCUT2D eigenvalue weighted by molar-refractivity contribution is 0.359. The molecule has 26 heavy (non-hydrogen) atoms. The van der Waals surface area contributed by atoms with Gasteiger partial charge in [-0.1, -0.05) is 30.3 Å². The predicted octanol–water partition coefficient (Wildman–Crippen LogP) is 3.81. The third-order valence-electron chi connectivity index (χ3n) is 5.41. The summed E-state index contributed by atoms with van der Waals surface area (Å²) in [6.45, 7) is 4.02. The summed E-state index contributed by atoms with van der Waals surface area (Å²) in [4.78, 5) is 4.94. The molecular weight excluding hydrogens is 324 g/mol. The largest absolute Gasteiger partial charge is 0.496 e.